The molecule has 1 N–H and O–H groups in total. The summed E-state index contributed by atoms with van der Waals surface area (Å²) in [5.74, 6) is 1.25. The van der Waals surface area contributed by atoms with Gasteiger partial charge in [-0.3, -0.25) is 9.78 Å². The van der Waals surface area contributed by atoms with Gasteiger partial charge in [0.2, 0.25) is 5.91 Å². The maximum Gasteiger partial charge on any atom is 0.220 e. The predicted molar refractivity (Wildman–Crippen MR) is 94.5 cm³/mol. The molecule has 1 unspecified atom stereocenters. The number of furan rings is 1. The van der Waals surface area contributed by atoms with Crippen molar-refractivity contribution < 1.29 is 9.21 Å². The van der Waals surface area contributed by atoms with Crippen molar-refractivity contribution in [3.05, 3.63) is 66.2 Å². The summed E-state index contributed by atoms with van der Waals surface area (Å²) in [6.07, 6.45) is 4.86. The first-order chi connectivity index (χ1) is 11.6. The number of hydrogen-bond donors (Lipinski definition) is 1. The Morgan fingerprint density at radius 3 is 2.75 bits per heavy atom. The molecule has 0 saturated carbocycles. The van der Waals surface area contributed by atoms with Crippen LogP contribution < -0.4 is 5.32 Å². The van der Waals surface area contributed by atoms with Crippen LogP contribution in [0.4, 0.5) is 0 Å². The number of aromatic nitrogens is 1. The molecule has 3 aromatic rings. The summed E-state index contributed by atoms with van der Waals surface area (Å²) in [4.78, 5) is 16.5. The molecule has 4 nitrogen and oxygen atoms in total. The van der Waals surface area contributed by atoms with Crippen molar-refractivity contribution in [2.75, 3.05) is 0 Å². The summed E-state index contributed by atoms with van der Waals surface area (Å²) >= 11 is 0. The van der Waals surface area contributed by atoms with Gasteiger partial charge in [-0.25, -0.2) is 0 Å². The molecule has 0 aliphatic carbocycles. The first kappa shape index (κ1) is 16.2. The van der Waals surface area contributed by atoms with E-state index < -0.39 is 0 Å². The largest absolute Gasteiger partial charge is 0.459 e. The number of hydrogen-bond acceptors (Lipinski definition) is 3. The minimum atomic E-state index is -0.328. The maximum absolute atomic E-state index is 12.3. The van der Waals surface area contributed by atoms with Crippen molar-refractivity contribution in [1.82, 2.24) is 10.3 Å². The number of fused-ring (bicyclic) bond motifs is 1. The molecule has 0 bridgehead atoms. The van der Waals surface area contributed by atoms with E-state index in [-0.39, 0.29) is 11.9 Å². The number of amides is 1. The highest BCUT2D eigenvalue weighted by atomic mass is 16.3. The molecule has 3 rings (SSSR count). The third kappa shape index (κ3) is 3.82. The second kappa shape index (κ2) is 7.30. The Hall–Kier alpha value is -2.62. The normalized spacial score (nSPS) is 12.5. The maximum atomic E-state index is 12.3. The third-order valence-electron chi connectivity index (χ3n) is 4.00. The lowest BCUT2D eigenvalue weighted by Crippen LogP contribution is -2.29. The SMILES string of the molecule is CC(C)CCC(=O)NC(c1cccnc1)c1cc2ccccc2o1. The van der Waals surface area contributed by atoms with Crippen LogP contribution >= 0.6 is 0 Å². The van der Waals surface area contributed by atoms with E-state index in [2.05, 4.69) is 24.1 Å². The number of carbonyl (C=O) groups is 1. The van der Waals surface area contributed by atoms with Gasteiger partial charge in [-0.05, 0) is 30.5 Å². The Morgan fingerprint density at radius 2 is 2.04 bits per heavy atom. The summed E-state index contributed by atoms with van der Waals surface area (Å²) in [5.41, 5.74) is 1.73. The van der Waals surface area contributed by atoms with E-state index >= 15 is 0 Å². The summed E-state index contributed by atoms with van der Waals surface area (Å²) < 4.78 is 5.97. The first-order valence-electron chi connectivity index (χ1n) is 8.31. The van der Waals surface area contributed by atoms with Crippen molar-refractivity contribution in [1.29, 1.82) is 0 Å². The highest BCUT2D eigenvalue weighted by molar-refractivity contribution is 5.79. The van der Waals surface area contributed by atoms with Crippen LogP contribution in [0, 0.1) is 5.92 Å². The van der Waals surface area contributed by atoms with Crippen LogP contribution in [0.3, 0.4) is 0 Å². The zero-order valence-corrected chi connectivity index (χ0v) is 14.0. The van der Waals surface area contributed by atoms with E-state index in [9.17, 15) is 4.79 Å². The molecule has 1 amide bonds. The van der Waals surface area contributed by atoms with Gasteiger partial charge in [-0.2, -0.15) is 0 Å². The standard InChI is InChI=1S/C20H22N2O2/c1-14(2)9-10-19(23)22-20(16-7-5-11-21-13-16)18-12-15-6-3-4-8-17(15)24-18/h3-8,11-14,20H,9-10H2,1-2H3,(H,22,23). The summed E-state index contributed by atoms with van der Waals surface area (Å²) in [5, 5.41) is 4.12. The second-order valence-electron chi connectivity index (χ2n) is 6.41. The second-order valence-corrected chi connectivity index (χ2v) is 6.41. The number of rotatable bonds is 6. The zero-order chi connectivity index (χ0) is 16.9. The first-order valence-corrected chi connectivity index (χ1v) is 8.31. The Balaban J connectivity index is 1.89. The number of benzene rings is 1. The van der Waals surface area contributed by atoms with E-state index in [0.717, 1.165) is 28.7 Å². The number of nitrogens with one attached hydrogen (secondary N) is 1. The summed E-state index contributed by atoms with van der Waals surface area (Å²) in [6.45, 7) is 4.23. The zero-order valence-electron chi connectivity index (χ0n) is 14.0. The Morgan fingerprint density at radius 1 is 1.21 bits per heavy atom. The van der Waals surface area contributed by atoms with E-state index in [1.165, 1.54) is 0 Å². The van der Waals surface area contributed by atoms with Gasteiger partial charge in [0.1, 0.15) is 17.4 Å². The molecule has 24 heavy (non-hydrogen) atoms. The van der Waals surface area contributed by atoms with Crippen LogP contribution in [-0.2, 0) is 4.79 Å². The summed E-state index contributed by atoms with van der Waals surface area (Å²) in [6, 6.07) is 13.3. The van der Waals surface area contributed by atoms with Crippen molar-refractivity contribution in [2.24, 2.45) is 5.92 Å². The third-order valence-corrected chi connectivity index (χ3v) is 4.00. The van der Waals surface area contributed by atoms with Crippen LogP contribution in [0.1, 0.15) is 44.1 Å². The van der Waals surface area contributed by atoms with Crippen LogP contribution in [0.25, 0.3) is 11.0 Å². The van der Waals surface area contributed by atoms with Gasteiger partial charge in [-0.1, -0.05) is 38.1 Å². The molecule has 0 aliphatic rings. The van der Waals surface area contributed by atoms with Crippen molar-refractivity contribution in [3.8, 4) is 0 Å². The average molecular weight is 322 g/mol. The molecule has 0 saturated heterocycles. The highest BCUT2D eigenvalue weighted by Crippen LogP contribution is 2.28. The lowest BCUT2D eigenvalue weighted by Gasteiger charge is -2.17. The summed E-state index contributed by atoms with van der Waals surface area (Å²) in [7, 11) is 0. The predicted octanol–water partition coefficient (Wildman–Crippen LogP) is 4.47. The minimum absolute atomic E-state index is 0.0259. The molecule has 0 spiro atoms. The lowest BCUT2D eigenvalue weighted by molar-refractivity contribution is -0.122. The van der Waals surface area contributed by atoms with E-state index in [0.29, 0.717) is 12.3 Å². The van der Waals surface area contributed by atoms with Gasteiger partial charge in [0.05, 0.1) is 0 Å². The Kier molecular flexibility index (Phi) is 4.94. The smallest absolute Gasteiger partial charge is 0.220 e. The number of para-hydroxylation sites is 1. The minimum Gasteiger partial charge on any atom is -0.459 e. The molecule has 2 heterocycles. The topological polar surface area (TPSA) is 55.1 Å². The van der Waals surface area contributed by atoms with Gasteiger partial charge in [0.15, 0.2) is 0 Å². The molecular formula is C20H22N2O2. The Labute approximate surface area is 141 Å². The Bertz CT molecular complexity index is 776. The fourth-order valence-corrected chi connectivity index (χ4v) is 2.66. The molecular weight excluding hydrogens is 300 g/mol. The molecule has 2 aromatic heterocycles. The molecule has 1 aromatic carbocycles. The fourth-order valence-electron chi connectivity index (χ4n) is 2.66. The van der Waals surface area contributed by atoms with Crippen molar-refractivity contribution >= 4 is 16.9 Å². The fraction of sp³-hybridized carbons (Fsp3) is 0.300. The van der Waals surface area contributed by atoms with Crippen LogP contribution in [0.2, 0.25) is 0 Å². The van der Waals surface area contributed by atoms with Gasteiger partial charge in [0.25, 0.3) is 0 Å². The average Bonchev–Trinajstić information content (AvgIpc) is 3.02. The van der Waals surface area contributed by atoms with E-state index in [1.807, 2.05) is 42.5 Å². The molecule has 4 heteroatoms. The molecule has 0 fully saturated rings. The van der Waals surface area contributed by atoms with E-state index in [1.54, 1.807) is 12.4 Å². The van der Waals surface area contributed by atoms with Gasteiger partial charge in [0, 0.05) is 29.8 Å². The molecule has 0 radical (unpaired) electrons. The number of nitrogens with zero attached hydrogens (tertiary/aromatic N) is 1. The highest BCUT2D eigenvalue weighted by Gasteiger charge is 2.21. The monoisotopic (exact) mass is 322 g/mol. The van der Waals surface area contributed by atoms with Crippen LogP contribution in [0.15, 0.2) is 59.3 Å². The van der Waals surface area contributed by atoms with Crippen molar-refractivity contribution in [2.45, 2.75) is 32.7 Å². The molecule has 1 atom stereocenters. The lowest BCUT2D eigenvalue weighted by atomic mass is 10.0. The quantitative estimate of drug-likeness (QED) is 0.728. The van der Waals surface area contributed by atoms with E-state index in [4.69, 9.17) is 4.42 Å². The van der Waals surface area contributed by atoms with Crippen LogP contribution in [-0.4, -0.2) is 10.9 Å². The number of carbonyl (C=O) groups excluding carboxylic acids is 1. The van der Waals surface area contributed by atoms with Gasteiger partial charge in [-0.15, -0.1) is 0 Å². The molecule has 0 aliphatic heterocycles. The molecule has 124 valence electrons. The van der Waals surface area contributed by atoms with Gasteiger partial charge < -0.3 is 9.73 Å². The van der Waals surface area contributed by atoms with Crippen molar-refractivity contribution in [3.63, 3.8) is 0 Å². The van der Waals surface area contributed by atoms with Gasteiger partial charge >= 0.3 is 0 Å². The number of pyridine rings is 1. The van der Waals surface area contributed by atoms with Crippen LogP contribution in [0.5, 0.6) is 0 Å².